The lowest BCUT2D eigenvalue weighted by Crippen LogP contribution is -2.35. The Hall–Kier alpha value is -0.730. The average molecular weight is 300 g/mol. The van der Waals surface area contributed by atoms with Crippen LogP contribution in [0.15, 0.2) is 12.1 Å². The van der Waals surface area contributed by atoms with E-state index in [-0.39, 0.29) is 11.3 Å². The molecule has 1 aliphatic carbocycles. The molecule has 1 fully saturated rings. The number of nitrogens with one attached hydrogen (secondary N) is 1. The monoisotopic (exact) mass is 299 g/mol. The maximum atomic E-state index is 12.4. The van der Waals surface area contributed by atoms with Crippen molar-refractivity contribution < 1.29 is 4.79 Å². The molecule has 104 valence electrons. The van der Waals surface area contributed by atoms with Crippen molar-refractivity contribution in [3.63, 3.8) is 0 Å². The van der Waals surface area contributed by atoms with Gasteiger partial charge in [0.15, 0.2) is 0 Å². The van der Waals surface area contributed by atoms with Gasteiger partial charge in [0.2, 0.25) is 5.91 Å². The van der Waals surface area contributed by atoms with Gasteiger partial charge in [-0.25, -0.2) is 0 Å². The van der Waals surface area contributed by atoms with Crippen LogP contribution in [0.1, 0.15) is 44.6 Å². The zero-order chi connectivity index (χ0) is 14.0. The third kappa shape index (κ3) is 3.06. The zero-order valence-corrected chi connectivity index (χ0v) is 12.9. The predicted molar refractivity (Wildman–Crippen MR) is 81.0 cm³/mol. The van der Waals surface area contributed by atoms with Gasteiger partial charge >= 0.3 is 0 Å². The van der Waals surface area contributed by atoms with Crippen molar-refractivity contribution in [1.29, 1.82) is 0 Å². The van der Waals surface area contributed by atoms with Gasteiger partial charge in [-0.05, 0) is 31.4 Å². The Morgan fingerprint density at radius 1 is 1.16 bits per heavy atom. The quantitative estimate of drug-likeness (QED) is 0.798. The largest absolute Gasteiger partial charge is 0.324 e. The first-order valence-corrected chi connectivity index (χ1v) is 7.46. The number of carbonyl (C=O) groups excluding carboxylic acids is 1. The lowest BCUT2D eigenvalue weighted by molar-refractivity contribution is -0.126. The van der Waals surface area contributed by atoms with Crippen LogP contribution in [0.3, 0.4) is 0 Å². The van der Waals surface area contributed by atoms with E-state index in [1.54, 1.807) is 0 Å². The van der Waals surface area contributed by atoms with Gasteiger partial charge in [0, 0.05) is 5.41 Å². The molecule has 0 radical (unpaired) electrons. The Labute approximate surface area is 124 Å². The number of hydrogen-bond acceptors (Lipinski definition) is 1. The second kappa shape index (κ2) is 5.72. The predicted octanol–water partition coefficient (Wildman–Crippen LogP) is 5.21. The van der Waals surface area contributed by atoms with E-state index in [4.69, 9.17) is 23.2 Å². The van der Waals surface area contributed by atoms with Crippen molar-refractivity contribution >= 4 is 34.8 Å². The Morgan fingerprint density at radius 2 is 1.79 bits per heavy atom. The Kier molecular flexibility index (Phi) is 4.42. The van der Waals surface area contributed by atoms with E-state index < -0.39 is 0 Å². The van der Waals surface area contributed by atoms with E-state index in [0.29, 0.717) is 15.7 Å². The van der Waals surface area contributed by atoms with Crippen molar-refractivity contribution in [2.24, 2.45) is 5.41 Å². The maximum Gasteiger partial charge on any atom is 0.230 e. The van der Waals surface area contributed by atoms with Gasteiger partial charge in [-0.1, -0.05) is 55.5 Å². The molecule has 2 nitrogen and oxygen atoms in total. The number of amides is 1. The molecule has 1 amide bonds. The molecular weight excluding hydrogens is 281 g/mol. The summed E-state index contributed by atoms with van der Waals surface area (Å²) in [5.74, 6) is 0.0500. The molecule has 1 N–H and O–H groups in total. The Balaban J connectivity index is 2.17. The van der Waals surface area contributed by atoms with Crippen molar-refractivity contribution in [2.45, 2.75) is 46.0 Å². The highest BCUT2D eigenvalue weighted by Crippen LogP contribution is 2.38. The van der Waals surface area contributed by atoms with Crippen molar-refractivity contribution in [1.82, 2.24) is 0 Å². The van der Waals surface area contributed by atoms with Crippen LogP contribution in [0.25, 0.3) is 0 Å². The fraction of sp³-hybridized carbons (Fsp3) is 0.533. The Morgan fingerprint density at radius 3 is 2.42 bits per heavy atom. The molecule has 19 heavy (non-hydrogen) atoms. The minimum absolute atomic E-state index is 0.0500. The van der Waals surface area contributed by atoms with Crippen molar-refractivity contribution in [2.75, 3.05) is 5.32 Å². The van der Waals surface area contributed by atoms with E-state index in [1.807, 2.05) is 26.0 Å². The summed E-state index contributed by atoms with van der Waals surface area (Å²) in [6, 6.07) is 3.68. The first-order valence-electron chi connectivity index (χ1n) is 6.70. The van der Waals surface area contributed by atoms with Crippen LogP contribution in [-0.4, -0.2) is 5.91 Å². The molecule has 0 spiro atoms. The summed E-state index contributed by atoms with van der Waals surface area (Å²) in [7, 11) is 0. The minimum atomic E-state index is -0.279. The number of anilines is 1. The molecule has 2 rings (SSSR count). The van der Waals surface area contributed by atoms with Crippen LogP contribution in [0.2, 0.25) is 10.0 Å². The summed E-state index contributed by atoms with van der Waals surface area (Å²) in [5, 5.41) is 3.87. The number of rotatable bonds is 2. The van der Waals surface area contributed by atoms with Crippen molar-refractivity contribution in [3.05, 3.63) is 27.7 Å². The Bertz CT molecular complexity index is 493. The highest BCUT2D eigenvalue weighted by atomic mass is 35.5. The first kappa shape index (κ1) is 14.7. The standard InChI is InChI=1S/C15H19Cl2NO/c1-10-6-7-11(13(17)12(10)16)18-14(19)15(2)8-4-3-5-9-15/h6-7H,3-5,8-9H2,1-2H3,(H,18,19). The highest BCUT2D eigenvalue weighted by Gasteiger charge is 2.34. The molecule has 0 heterocycles. The molecule has 1 aromatic carbocycles. The van der Waals surface area contributed by atoms with Gasteiger partial charge < -0.3 is 5.32 Å². The summed E-state index contributed by atoms with van der Waals surface area (Å²) < 4.78 is 0. The molecule has 0 unspecified atom stereocenters. The molecule has 1 saturated carbocycles. The van der Waals surface area contributed by atoms with Crippen LogP contribution < -0.4 is 5.32 Å². The van der Waals surface area contributed by atoms with E-state index >= 15 is 0 Å². The molecule has 4 heteroatoms. The van der Waals surface area contributed by atoms with E-state index in [1.165, 1.54) is 6.42 Å². The fourth-order valence-corrected chi connectivity index (χ4v) is 3.00. The topological polar surface area (TPSA) is 29.1 Å². The molecule has 0 atom stereocenters. The van der Waals surface area contributed by atoms with E-state index in [2.05, 4.69) is 5.32 Å². The molecule has 0 aromatic heterocycles. The summed E-state index contributed by atoms with van der Waals surface area (Å²) in [4.78, 5) is 12.4. The van der Waals surface area contributed by atoms with Gasteiger partial charge in [0.05, 0.1) is 15.7 Å². The minimum Gasteiger partial charge on any atom is -0.324 e. The molecule has 0 aliphatic heterocycles. The van der Waals surface area contributed by atoms with E-state index in [0.717, 1.165) is 31.2 Å². The van der Waals surface area contributed by atoms with Crippen LogP contribution in [0.5, 0.6) is 0 Å². The highest BCUT2D eigenvalue weighted by molar-refractivity contribution is 6.44. The van der Waals surface area contributed by atoms with E-state index in [9.17, 15) is 4.79 Å². The van der Waals surface area contributed by atoms with Crippen LogP contribution in [0.4, 0.5) is 5.69 Å². The third-order valence-corrected chi connectivity index (χ3v) is 5.01. The van der Waals surface area contributed by atoms with Crippen LogP contribution in [-0.2, 0) is 4.79 Å². The normalized spacial score (nSPS) is 18.1. The van der Waals surface area contributed by atoms with Gasteiger partial charge in [0.1, 0.15) is 0 Å². The molecule has 1 aliphatic rings. The summed E-state index contributed by atoms with van der Waals surface area (Å²) in [6.07, 6.45) is 5.34. The van der Waals surface area contributed by atoms with Gasteiger partial charge in [-0.3, -0.25) is 4.79 Å². The number of carbonyl (C=O) groups is 1. The first-order chi connectivity index (χ1) is 8.94. The summed E-state index contributed by atoms with van der Waals surface area (Å²) in [5.41, 5.74) is 1.24. The average Bonchev–Trinajstić information content (AvgIpc) is 2.40. The lowest BCUT2D eigenvalue weighted by atomic mass is 9.75. The van der Waals surface area contributed by atoms with Crippen LogP contribution in [0, 0.1) is 12.3 Å². The molecular formula is C15H19Cl2NO. The summed E-state index contributed by atoms with van der Waals surface area (Å²) >= 11 is 12.3. The number of benzene rings is 1. The zero-order valence-electron chi connectivity index (χ0n) is 11.4. The van der Waals surface area contributed by atoms with Gasteiger partial charge in [-0.2, -0.15) is 0 Å². The van der Waals surface area contributed by atoms with Gasteiger partial charge in [-0.15, -0.1) is 0 Å². The lowest BCUT2D eigenvalue weighted by Gasteiger charge is -2.32. The molecule has 0 saturated heterocycles. The molecule has 0 bridgehead atoms. The van der Waals surface area contributed by atoms with Crippen LogP contribution >= 0.6 is 23.2 Å². The van der Waals surface area contributed by atoms with Crippen molar-refractivity contribution in [3.8, 4) is 0 Å². The smallest absolute Gasteiger partial charge is 0.230 e. The second-order valence-electron chi connectivity index (χ2n) is 5.63. The maximum absolute atomic E-state index is 12.4. The molecule has 1 aromatic rings. The number of hydrogen-bond donors (Lipinski definition) is 1. The third-order valence-electron chi connectivity index (χ3n) is 4.03. The number of halogens is 2. The SMILES string of the molecule is Cc1ccc(NC(=O)C2(C)CCCCC2)c(Cl)c1Cl. The summed E-state index contributed by atoms with van der Waals surface area (Å²) in [6.45, 7) is 3.92. The number of aryl methyl sites for hydroxylation is 1. The van der Waals surface area contributed by atoms with Gasteiger partial charge in [0.25, 0.3) is 0 Å². The fourth-order valence-electron chi connectivity index (χ4n) is 2.57. The second-order valence-corrected chi connectivity index (χ2v) is 6.39.